The molecule has 0 aromatic heterocycles. The van der Waals surface area contributed by atoms with Gasteiger partial charge in [-0.05, 0) is 0 Å². The lowest BCUT2D eigenvalue weighted by Crippen LogP contribution is -2.27. The van der Waals surface area contributed by atoms with Gasteiger partial charge >= 0.3 is 0 Å². The molecule has 1 saturated heterocycles. The van der Waals surface area contributed by atoms with Gasteiger partial charge in [-0.1, -0.05) is 40.7 Å². The van der Waals surface area contributed by atoms with Crippen LogP contribution in [-0.2, 0) is 9.47 Å². The van der Waals surface area contributed by atoms with Crippen LogP contribution in [0, 0.1) is 17.8 Å². The average Bonchev–Trinajstić information content (AvgIpc) is 2.79. The zero-order valence-corrected chi connectivity index (χ0v) is 8.71. The van der Waals surface area contributed by atoms with Gasteiger partial charge in [0.15, 0.2) is 5.60 Å². The molecule has 0 unspecified atom stereocenters. The molecule has 13 heavy (non-hydrogen) atoms. The van der Waals surface area contributed by atoms with Gasteiger partial charge in [0.1, 0.15) is 6.61 Å². The second-order valence-corrected chi connectivity index (χ2v) is 4.82. The van der Waals surface area contributed by atoms with Crippen molar-refractivity contribution >= 4 is 40.7 Å². The summed E-state index contributed by atoms with van der Waals surface area (Å²) in [5.41, 5.74) is -0.720. The summed E-state index contributed by atoms with van der Waals surface area (Å²) < 4.78 is 7.92. The van der Waals surface area contributed by atoms with Gasteiger partial charge in [0.25, 0.3) is 3.79 Å². The average molecular weight is 242 g/mol. The third-order valence-corrected chi connectivity index (χ3v) is 1.98. The molecule has 1 rings (SSSR count). The number of ether oxygens (including phenoxy) is 2. The molecule has 1 aliphatic heterocycles. The van der Waals surface area contributed by atoms with E-state index in [0.29, 0.717) is 6.61 Å². The Hall–Kier alpha value is -0.140. The molecule has 0 aromatic carbocycles. The van der Waals surface area contributed by atoms with Crippen molar-refractivity contribution in [2.45, 2.75) is 9.39 Å². The summed E-state index contributed by atoms with van der Waals surface area (Å²) in [5, 5.41) is 7.18. The number of nitrogens with one attached hydrogen (secondary N) is 1. The van der Waals surface area contributed by atoms with Crippen molar-refractivity contribution in [2.24, 2.45) is 0 Å². The van der Waals surface area contributed by atoms with Crippen LogP contribution >= 0.6 is 34.8 Å². The van der Waals surface area contributed by atoms with E-state index < -0.39 is 15.3 Å². The van der Waals surface area contributed by atoms with E-state index in [1.807, 2.05) is 0 Å². The highest BCUT2D eigenvalue weighted by molar-refractivity contribution is 6.76. The molecule has 1 aliphatic rings. The van der Waals surface area contributed by atoms with Crippen LogP contribution in [0.3, 0.4) is 0 Å². The summed E-state index contributed by atoms with van der Waals surface area (Å²) >= 11 is 16.1. The Kier molecular flexibility index (Phi) is 2.98. The van der Waals surface area contributed by atoms with Crippen LogP contribution in [0.2, 0.25) is 0 Å². The maximum atomic E-state index is 7.18. The fraction of sp³-hybridized carbons (Fsp3) is 0.571. The molecule has 0 bridgehead atoms. The highest BCUT2D eigenvalue weighted by Crippen LogP contribution is 2.30. The minimum absolute atomic E-state index is 0.0379. The van der Waals surface area contributed by atoms with Crippen molar-refractivity contribution in [1.29, 1.82) is 5.41 Å². The number of halogens is 3. The zero-order valence-electron chi connectivity index (χ0n) is 6.44. The molecule has 0 aromatic rings. The standard InChI is InChI=1S/C7H6Cl3NO2/c1-2-6(4-13-6)3-12-5(11)7(8,9)10/h1,11H,3-4H2/t6-/m1/s1. The normalized spacial score (nSPS) is 26.3. The van der Waals surface area contributed by atoms with Gasteiger partial charge < -0.3 is 9.47 Å². The summed E-state index contributed by atoms with van der Waals surface area (Å²) in [5.74, 6) is 1.93. The van der Waals surface area contributed by atoms with Crippen molar-refractivity contribution in [3.63, 3.8) is 0 Å². The predicted molar refractivity (Wildman–Crippen MR) is 51.5 cm³/mol. The summed E-state index contributed by atoms with van der Waals surface area (Å²) in [6.45, 7) is 0.451. The third-order valence-electron chi connectivity index (χ3n) is 1.46. The van der Waals surface area contributed by atoms with Crippen LogP contribution < -0.4 is 0 Å². The molecule has 0 aliphatic carbocycles. The predicted octanol–water partition coefficient (Wildman–Crippen LogP) is 1.75. The lowest BCUT2D eigenvalue weighted by molar-refractivity contribution is 0.213. The number of alkyl halides is 3. The van der Waals surface area contributed by atoms with Crippen molar-refractivity contribution in [3.8, 4) is 12.3 Å². The number of terminal acetylenes is 1. The maximum Gasteiger partial charge on any atom is 0.265 e. The molecular formula is C7H6Cl3NO2. The smallest absolute Gasteiger partial charge is 0.265 e. The van der Waals surface area contributed by atoms with Crippen molar-refractivity contribution in [3.05, 3.63) is 0 Å². The molecule has 0 radical (unpaired) electrons. The number of rotatable bonds is 2. The molecule has 0 spiro atoms. The molecule has 0 amide bonds. The van der Waals surface area contributed by atoms with Crippen LogP contribution in [0.15, 0.2) is 0 Å². The first-order chi connectivity index (χ1) is 5.90. The fourth-order valence-electron chi connectivity index (χ4n) is 0.566. The van der Waals surface area contributed by atoms with Gasteiger partial charge in [-0.25, -0.2) is 0 Å². The maximum absolute atomic E-state index is 7.18. The SMILES string of the molecule is C#C[C@@]1(COC(=N)C(Cl)(Cl)Cl)CO1. The lowest BCUT2D eigenvalue weighted by Gasteiger charge is -2.14. The highest BCUT2D eigenvalue weighted by Gasteiger charge is 2.45. The number of hydrogen-bond donors (Lipinski definition) is 1. The van der Waals surface area contributed by atoms with Gasteiger partial charge in [0.05, 0.1) is 6.61 Å². The van der Waals surface area contributed by atoms with Gasteiger partial charge in [-0.2, -0.15) is 0 Å². The Morgan fingerprint density at radius 2 is 2.23 bits per heavy atom. The Labute approximate surface area is 90.7 Å². The largest absolute Gasteiger partial charge is 0.474 e. The minimum Gasteiger partial charge on any atom is -0.474 e. The van der Waals surface area contributed by atoms with Crippen LogP contribution in [0.1, 0.15) is 0 Å². The Morgan fingerprint density at radius 3 is 2.54 bits per heavy atom. The monoisotopic (exact) mass is 241 g/mol. The third kappa shape index (κ3) is 2.92. The van der Waals surface area contributed by atoms with E-state index in [1.54, 1.807) is 0 Å². The second kappa shape index (κ2) is 3.55. The molecule has 0 saturated carbocycles. The zero-order chi connectivity index (χ0) is 10.1. The van der Waals surface area contributed by atoms with Crippen LogP contribution in [0.4, 0.5) is 0 Å². The van der Waals surface area contributed by atoms with E-state index in [9.17, 15) is 0 Å². The van der Waals surface area contributed by atoms with E-state index in [1.165, 1.54) is 0 Å². The Bertz CT molecular complexity index is 262. The quantitative estimate of drug-likeness (QED) is 0.264. The summed E-state index contributed by atoms with van der Waals surface area (Å²) in [7, 11) is 0. The topological polar surface area (TPSA) is 45.6 Å². The van der Waals surface area contributed by atoms with Crippen LogP contribution in [0.25, 0.3) is 0 Å². The molecular weight excluding hydrogens is 236 g/mol. The molecule has 6 heteroatoms. The first kappa shape index (κ1) is 10.9. The summed E-state index contributed by atoms with van der Waals surface area (Å²) in [6.07, 6.45) is 5.14. The molecule has 72 valence electrons. The first-order valence-electron chi connectivity index (χ1n) is 3.30. The van der Waals surface area contributed by atoms with Crippen molar-refractivity contribution < 1.29 is 9.47 Å². The molecule has 1 heterocycles. The molecule has 1 fully saturated rings. The van der Waals surface area contributed by atoms with Crippen molar-refractivity contribution in [2.75, 3.05) is 13.2 Å². The van der Waals surface area contributed by atoms with E-state index in [-0.39, 0.29) is 6.61 Å². The highest BCUT2D eigenvalue weighted by atomic mass is 35.6. The number of hydrogen-bond acceptors (Lipinski definition) is 3. The number of epoxide rings is 1. The van der Waals surface area contributed by atoms with Gasteiger partial charge in [-0.3, -0.25) is 5.41 Å². The molecule has 3 nitrogen and oxygen atoms in total. The minimum atomic E-state index is -1.84. The summed E-state index contributed by atoms with van der Waals surface area (Å²) in [4.78, 5) is 0. The van der Waals surface area contributed by atoms with E-state index in [4.69, 9.17) is 56.1 Å². The van der Waals surface area contributed by atoms with Gasteiger partial charge in [0.2, 0.25) is 5.90 Å². The van der Waals surface area contributed by atoms with Gasteiger partial charge in [0, 0.05) is 0 Å². The Morgan fingerprint density at radius 1 is 1.69 bits per heavy atom. The fourth-order valence-corrected chi connectivity index (χ4v) is 0.730. The lowest BCUT2D eigenvalue weighted by atomic mass is 10.2. The first-order valence-corrected chi connectivity index (χ1v) is 4.43. The van der Waals surface area contributed by atoms with Crippen LogP contribution in [-0.4, -0.2) is 28.5 Å². The van der Waals surface area contributed by atoms with E-state index >= 15 is 0 Å². The van der Waals surface area contributed by atoms with Gasteiger partial charge in [-0.15, -0.1) is 6.42 Å². The summed E-state index contributed by atoms with van der Waals surface area (Å²) in [6, 6.07) is 0. The van der Waals surface area contributed by atoms with Crippen LogP contribution in [0.5, 0.6) is 0 Å². The van der Waals surface area contributed by atoms with E-state index in [0.717, 1.165) is 0 Å². The molecule has 1 atom stereocenters. The van der Waals surface area contributed by atoms with E-state index in [2.05, 4.69) is 5.92 Å². The molecule has 1 N–H and O–H groups in total. The van der Waals surface area contributed by atoms with Crippen molar-refractivity contribution in [1.82, 2.24) is 0 Å². The second-order valence-electron chi connectivity index (χ2n) is 2.54. The Balaban J connectivity index is 2.36.